The van der Waals surface area contributed by atoms with E-state index in [1.807, 2.05) is 12.1 Å². The number of benzene rings is 2. The van der Waals surface area contributed by atoms with E-state index in [0.717, 1.165) is 68.4 Å². The second-order valence-electron chi connectivity index (χ2n) is 7.64. The molecule has 0 spiro atoms. The van der Waals surface area contributed by atoms with E-state index < -0.39 is 0 Å². The maximum Gasteiger partial charge on any atom is 0.126 e. The number of hydrogen-bond acceptors (Lipinski definition) is 1. The minimum absolute atomic E-state index is 0.0381. The molecular weight excluding hydrogens is 335 g/mol. The third-order valence-electron chi connectivity index (χ3n) is 5.68. The predicted octanol–water partition coefficient (Wildman–Crippen LogP) is 6.47. The first-order valence-corrected chi connectivity index (χ1v) is 10.3. The van der Waals surface area contributed by atoms with E-state index in [2.05, 4.69) is 37.8 Å². The summed E-state index contributed by atoms with van der Waals surface area (Å²) in [5.74, 6) is 1.58. The van der Waals surface area contributed by atoms with Crippen molar-refractivity contribution in [3.8, 4) is 5.75 Å². The van der Waals surface area contributed by atoms with E-state index in [-0.39, 0.29) is 5.82 Å². The maximum absolute atomic E-state index is 14.2. The highest BCUT2D eigenvalue weighted by molar-refractivity contribution is 5.37. The number of fused-ring (bicyclic) bond motifs is 1. The molecule has 27 heavy (non-hydrogen) atoms. The van der Waals surface area contributed by atoms with Crippen molar-refractivity contribution in [2.75, 3.05) is 6.61 Å². The van der Waals surface area contributed by atoms with Crippen molar-refractivity contribution < 1.29 is 9.13 Å². The van der Waals surface area contributed by atoms with Crippen LogP contribution in [-0.4, -0.2) is 6.61 Å². The number of halogens is 1. The number of aryl methyl sites for hydroxylation is 3. The molecule has 0 saturated heterocycles. The average molecular weight is 367 g/mol. The predicted molar refractivity (Wildman–Crippen MR) is 111 cm³/mol. The highest BCUT2D eigenvalue weighted by Gasteiger charge is 2.19. The number of rotatable bonds is 9. The summed E-state index contributed by atoms with van der Waals surface area (Å²) in [6, 6.07) is 12.3. The minimum atomic E-state index is -0.0381. The molecule has 1 aliphatic rings. The largest absolute Gasteiger partial charge is 0.494 e. The zero-order valence-corrected chi connectivity index (χ0v) is 16.5. The molecule has 2 aromatic rings. The van der Waals surface area contributed by atoms with Gasteiger partial charge < -0.3 is 4.74 Å². The summed E-state index contributed by atoms with van der Waals surface area (Å²) >= 11 is 0. The van der Waals surface area contributed by atoms with Gasteiger partial charge in [-0.15, -0.1) is 6.58 Å². The zero-order valence-electron chi connectivity index (χ0n) is 16.5. The molecule has 0 bridgehead atoms. The van der Waals surface area contributed by atoms with E-state index in [0.29, 0.717) is 5.92 Å². The Morgan fingerprint density at radius 3 is 2.85 bits per heavy atom. The van der Waals surface area contributed by atoms with Crippen LogP contribution in [0.2, 0.25) is 0 Å². The molecule has 2 aromatic carbocycles. The van der Waals surface area contributed by atoms with E-state index in [1.54, 1.807) is 6.07 Å². The lowest BCUT2D eigenvalue weighted by Gasteiger charge is -2.25. The molecule has 1 nitrogen and oxygen atoms in total. The normalized spacial score (nSPS) is 16.0. The quantitative estimate of drug-likeness (QED) is 0.365. The molecule has 0 N–H and O–H groups in total. The van der Waals surface area contributed by atoms with Gasteiger partial charge >= 0.3 is 0 Å². The van der Waals surface area contributed by atoms with Crippen LogP contribution < -0.4 is 4.74 Å². The smallest absolute Gasteiger partial charge is 0.126 e. The van der Waals surface area contributed by atoms with E-state index in [1.165, 1.54) is 17.5 Å². The number of hydrogen-bond donors (Lipinski definition) is 0. The second-order valence-corrected chi connectivity index (χ2v) is 7.64. The Morgan fingerprint density at radius 2 is 2.07 bits per heavy atom. The average Bonchev–Trinajstić information content (AvgIpc) is 2.70. The standard InChI is InChI=1S/C25H31FO/c1-3-5-6-15-27-24-14-13-22-16-20(9-12-23(22)18-24)8-11-21-10-7-19(4-2)17-25(21)26/h3,7,10,13-14,17-18,20H,1,4-6,8-9,11-12,15-16H2,2H3. The van der Waals surface area contributed by atoms with Gasteiger partial charge in [0, 0.05) is 0 Å². The molecule has 144 valence electrons. The lowest BCUT2D eigenvalue weighted by Crippen LogP contribution is -2.15. The SMILES string of the molecule is C=CCCCOc1ccc2c(c1)CCC(CCc1ccc(CC)cc1F)C2. The molecule has 0 aliphatic heterocycles. The van der Waals surface area contributed by atoms with Crippen molar-refractivity contribution in [3.05, 3.63) is 77.1 Å². The number of unbranched alkanes of at least 4 members (excludes halogenated alkanes) is 1. The van der Waals surface area contributed by atoms with E-state index >= 15 is 0 Å². The summed E-state index contributed by atoms with van der Waals surface area (Å²) in [5, 5.41) is 0. The first-order valence-electron chi connectivity index (χ1n) is 10.3. The van der Waals surface area contributed by atoms with Gasteiger partial charge in [-0.3, -0.25) is 0 Å². The Kier molecular flexibility index (Phi) is 7.09. The summed E-state index contributed by atoms with van der Waals surface area (Å²) in [6.45, 7) is 6.55. The Hall–Kier alpha value is -2.09. The van der Waals surface area contributed by atoms with Crippen LogP contribution in [0, 0.1) is 11.7 Å². The summed E-state index contributed by atoms with van der Waals surface area (Å²) in [4.78, 5) is 0. The summed E-state index contributed by atoms with van der Waals surface area (Å²) in [5.41, 5.74) is 4.80. The molecule has 0 radical (unpaired) electrons. The van der Waals surface area contributed by atoms with Crippen molar-refractivity contribution in [1.29, 1.82) is 0 Å². The van der Waals surface area contributed by atoms with Crippen molar-refractivity contribution in [3.63, 3.8) is 0 Å². The van der Waals surface area contributed by atoms with Gasteiger partial charge in [-0.05, 0) is 97.7 Å². The van der Waals surface area contributed by atoms with Gasteiger partial charge in [0.15, 0.2) is 0 Å². The van der Waals surface area contributed by atoms with Gasteiger partial charge in [0.05, 0.1) is 6.61 Å². The Balaban J connectivity index is 1.53. The molecule has 0 aromatic heterocycles. The molecule has 1 unspecified atom stereocenters. The Morgan fingerprint density at radius 1 is 1.19 bits per heavy atom. The van der Waals surface area contributed by atoms with Crippen LogP contribution in [0.1, 0.15) is 54.9 Å². The van der Waals surface area contributed by atoms with E-state index in [4.69, 9.17) is 4.74 Å². The van der Waals surface area contributed by atoms with Gasteiger partial charge in [0.25, 0.3) is 0 Å². The van der Waals surface area contributed by atoms with Gasteiger partial charge in [0.2, 0.25) is 0 Å². The fourth-order valence-electron chi connectivity index (χ4n) is 3.93. The lowest BCUT2D eigenvalue weighted by molar-refractivity contribution is 0.311. The van der Waals surface area contributed by atoms with Crippen molar-refractivity contribution in [2.45, 2.75) is 58.3 Å². The van der Waals surface area contributed by atoms with Crippen LogP contribution in [0.15, 0.2) is 49.1 Å². The molecule has 1 aliphatic carbocycles. The fourth-order valence-corrected chi connectivity index (χ4v) is 3.93. The first-order chi connectivity index (χ1) is 13.2. The highest BCUT2D eigenvalue weighted by atomic mass is 19.1. The molecule has 3 rings (SSSR count). The second kappa shape index (κ2) is 9.73. The zero-order chi connectivity index (χ0) is 19.1. The van der Waals surface area contributed by atoms with Gasteiger partial charge in [-0.1, -0.05) is 31.2 Å². The third kappa shape index (κ3) is 5.45. The number of ether oxygens (including phenoxy) is 1. The molecule has 0 heterocycles. The fraction of sp³-hybridized carbons (Fsp3) is 0.440. The molecule has 0 amide bonds. The molecule has 0 saturated carbocycles. The Bertz CT molecular complexity index is 765. The van der Waals surface area contributed by atoms with Gasteiger partial charge in [-0.25, -0.2) is 4.39 Å². The Labute approximate surface area is 163 Å². The van der Waals surface area contributed by atoms with Crippen LogP contribution in [-0.2, 0) is 25.7 Å². The molecule has 1 atom stereocenters. The third-order valence-corrected chi connectivity index (χ3v) is 5.68. The van der Waals surface area contributed by atoms with Crippen LogP contribution >= 0.6 is 0 Å². The topological polar surface area (TPSA) is 9.23 Å². The van der Waals surface area contributed by atoms with Crippen LogP contribution in [0.25, 0.3) is 0 Å². The summed E-state index contributed by atoms with van der Waals surface area (Å²) in [7, 11) is 0. The molecule has 0 fully saturated rings. The lowest BCUT2D eigenvalue weighted by atomic mass is 9.81. The van der Waals surface area contributed by atoms with Crippen LogP contribution in [0.3, 0.4) is 0 Å². The van der Waals surface area contributed by atoms with Gasteiger partial charge in [0.1, 0.15) is 11.6 Å². The maximum atomic E-state index is 14.2. The first kappa shape index (κ1) is 19.7. The monoisotopic (exact) mass is 366 g/mol. The number of allylic oxidation sites excluding steroid dienone is 1. The van der Waals surface area contributed by atoms with Gasteiger partial charge in [-0.2, -0.15) is 0 Å². The van der Waals surface area contributed by atoms with Crippen LogP contribution in [0.5, 0.6) is 5.75 Å². The van der Waals surface area contributed by atoms with Crippen molar-refractivity contribution in [2.24, 2.45) is 5.92 Å². The van der Waals surface area contributed by atoms with Crippen LogP contribution in [0.4, 0.5) is 4.39 Å². The minimum Gasteiger partial charge on any atom is -0.494 e. The molecule has 2 heteroatoms. The van der Waals surface area contributed by atoms with Crippen molar-refractivity contribution >= 4 is 0 Å². The van der Waals surface area contributed by atoms with Crippen molar-refractivity contribution in [1.82, 2.24) is 0 Å². The molecular formula is C25H31FO. The van der Waals surface area contributed by atoms with E-state index in [9.17, 15) is 4.39 Å². The highest BCUT2D eigenvalue weighted by Crippen LogP contribution is 2.31. The summed E-state index contributed by atoms with van der Waals surface area (Å²) in [6.07, 6.45) is 10.1. The summed E-state index contributed by atoms with van der Waals surface area (Å²) < 4.78 is 20.1.